The minimum absolute atomic E-state index is 0.134. The molecule has 1 N–H and O–H groups in total. The molecule has 1 heterocycles. The van der Waals surface area contributed by atoms with Gasteiger partial charge in [-0.25, -0.2) is 4.39 Å². The van der Waals surface area contributed by atoms with Crippen LogP contribution in [0.5, 0.6) is 0 Å². The number of anilines is 1. The van der Waals surface area contributed by atoms with E-state index in [1.165, 1.54) is 0 Å². The Labute approximate surface area is 127 Å². The molecule has 0 amide bonds. The summed E-state index contributed by atoms with van der Waals surface area (Å²) in [5.74, 6) is -0.149. The molecule has 1 aliphatic heterocycles. The second kappa shape index (κ2) is 7.23. The van der Waals surface area contributed by atoms with Gasteiger partial charge in [0.25, 0.3) is 0 Å². The molecule has 3 nitrogen and oxygen atoms in total. The second-order valence-corrected chi connectivity index (χ2v) is 6.14. The van der Waals surface area contributed by atoms with E-state index < -0.39 is 0 Å². The molecule has 4 heteroatoms. The van der Waals surface area contributed by atoms with Crippen molar-refractivity contribution in [3.05, 3.63) is 29.6 Å². The lowest BCUT2D eigenvalue weighted by Crippen LogP contribution is -2.45. The van der Waals surface area contributed by atoms with Crippen LogP contribution in [0.15, 0.2) is 18.2 Å². The van der Waals surface area contributed by atoms with Crippen molar-refractivity contribution < 1.29 is 9.13 Å². The fraction of sp³-hybridized carbons (Fsp3) is 0.647. The van der Waals surface area contributed by atoms with Crippen LogP contribution in [0.3, 0.4) is 0 Å². The third-order valence-electron chi connectivity index (χ3n) is 4.04. The van der Waals surface area contributed by atoms with E-state index >= 15 is 0 Å². The molecule has 0 aromatic heterocycles. The van der Waals surface area contributed by atoms with E-state index in [4.69, 9.17) is 4.74 Å². The molecule has 3 atom stereocenters. The van der Waals surface area contributed by atoms with Gasteiger partial charge in [-0.2, -0.15) is 0 Å². The Balaban J connectivity index is 2.11. The maximum absolute atomic E-state index is 14.2. The molecule has 1 saturated heterocycles. The third kappa shape index (κ3) is 4.42. The van der Waals surface area contributed by atoms with Crippen LogP contribution in [-0.2, 0) is 11.3 Å². The standard InChI is InChI=1S/C17H27FN2O/c1-5-12(2)19-9-15-6-7-16(18)17(8-15)20-10-13(3)21-14(4)11-20/h6-8,12-14,19H,5,9-11H2,1-4H3. The van der Waals surface area contributed by atoms with Gasteiger partial charge < -0.3 is 15.0 Å². The van der Waals surface area contributed by atoms with Crippen molar-refractivity contribution in [2.75, 3.05) is 18.0 Å². The first kappa shape index (κ1) is 16.2. The van der Waals surface area contributed by atoms with Crippen molar-refractivity contribution in [1.82, 2.24) is 5.32 Å². The van der Waals surface area contributed by atoms with E-state index in [0.29, 0.717) is 11.7 Å². The summed E-state index contributed by atoms with van der Waals surface area (Å²) >= 11 is 0. The monoisotopic (exact) mass is 294 g/mol. The predicted octanol–water partition coefficient (Wildman–Crippen LogP) is 3.33. The summed E-state index contributed by atoms with van der Waals surface area (Å²) in [6, 6.07) is 5.88. The van der Waals surface area contributed by atoms with Gasteiger partial charge in [-0.15, -0.1) is 0 Å². The second-order valence-electron chi connectivity index (χ2n) is 6.14. The van der Waals surface area contributed by atoms with Crippen LogP contribution in [-0.4, -0.2) is 31.3 Å². The van der Waals surface area contributed by atoms with Crippen LogP contribution < -0.4 is 10.2 Å². The van der Waals surface area contributed by atoms with Crippen molar-refractivity contribution in [2.24, 2.45) is 0 Å². The molecular weight excluding hydrogens is 267 g/mol. The lowest BCUT2D eigenvalue weighted by atomic mass is 10.1. The lowest BCUT2D eigenvalue weighted by molar-refractivity contribution is -0.00539. The van der Waals surface area contributed by atoms with Gasteiger partial charge in [-0.3, -0.25) is 0 Å². The van der Waals surface area contributed by atoms with Crippen molar-refractivity contribution in [2.45, 2.75) is 58.9 Å². The zero-order valence-electron chi connectivity index (χ0n) is 13.5. The SMILES string of the molecule is CCC(C)NCc1ccc(F)c(N2CC(C)OC(C)C2)c1. The van der Waals surface area contributed by atoms with Gasteiger partial charge in [0.2, 0.25) is 0 Å². The van der Waals surface area contributed by atoms with Gasteiger partial charge in [0.05, 0.1) is 17.9 Å². The first-order valence-corrected chi connectivity index (χ1v) is 7.91. The molecule has 21 heavy (non-hydrogen) atoms. The molecule has 0 bridgehead atoms. The topological polar surface area (TPSA) is 24.5 Å². The zero-order valence-corrected chi connectivity index (χ0v) is 13.5. The number of halogens is 1. The molecule has 118 valence electrons. The van der Waals surface area contributed by atoms with Crippen molar-refractivity contribution in [3.8, 4) is 0 Å². The average Bonchev–Trinajstić information content (AvgIpc) is 2.45. The minimum Gasteiger partial charge on any atom is -0.372 e. The maximum Gasteiger partial charge on any atom is 0.146 e. The first-order valence-electron chi connectivity index (χ1n) is 7.91. The van der Waals surface area contributed by atoms with Gasteiger partial charge >= 0.3 is 0 Å². The molecule has 0 aliphatic carbocycles. The molecular formula is C17H27FN2O. The number of rotatable bonds is 5. The lowest BCUT2D eigenvalue weighted by Gasteiger charge is -2.37. The van der Waals surface area contributed by atoms with Gasteiger partial charge in [0.15, 0.2) is 0 Å². The number of hydrogen-bond donors (Lipinski definition) is 1. The molecule has 1 aromatic rings. The Morgan fingerprint density at radius 2 is 2.00 bits per heavy atom. The number of nitrogens with one attached hydrogen (secondary N) is 1. The van der Waals surface area contributed by atoms with E-state index in [2.05, 4.69) is 24.1 Å². The van der Waals surface area contributed by atoms with Gasteiger partial charge in [0.1, 0.15) is 5.82 Å². The van der Waals surface area contributed by atoms with E-state index in [1.807, 2.05) is 26.0 Å². The van der Waals surface area contributed by atoms with Crippen LogP contribution in [0.4, 0.5) is 10.1 Å². The summed E-state index contributed by atoms with van der Waals surface area (Å²) in [5.41, 5.74) is 1.82. The quantitative estimate of drug-likeness (QED) is 0.901. The van der Waals surface area contributed by atoms with Gasteiger partial charge in [-0.1, -0.05) is 13.0 Å². The van der Waals surface area contributed by atoms with Crippen LogP contribution in [0.2, 0.25) is 0 Å². The normalized spacial score (nSPS) is 24.1. The average molecular weight is 294 g/mol. The number of ether oxygens (including phenoxy) is 1. The van der Waals surface area contributed by atoms with Crippen LogP contribution in [0.1, 0.15) is 39.7 Å². The van der Waals surface area contributed by atoms with E-state index in [0.717, 1.165) is 31.6 Å². The molecule has 0 spiro atoms. The molecule has 1 aromatic carbocycles. The maximum atomic E-state index is 14.2. The molecule has 1 fully saturated rings. The Hall–Kier alpha value is -1.13. The third-order valence-corrected chi connectivity index (χ3v) is 4.04. The smallest absolute Gasteiger partial charge is 0.146 e. The predicted molar refractivity (Wildman–Crippen MR) is 85.2 cm³/mol. The highest BCUT2D eigenvalue weighted by Crippen LogP contribution is 2.25. The van der Waals surface area contributed by atoms with Gasteiger partial charge in [0, 0.05) is 25.7 Å². The largest absolute Gasteiger partial charge is 0.372 e. The Morgan fingerprint density at radius 3 is 2.62 bits per heavy atom. The highest BCUT2D eigenvalue weighted by molar-refractivity contribution is 5.50. The highest BCUT2D eigenvalue weighted by Gasteiger charge is 2.24. The molecule has 1 aliphatic rings. The number of hydrogen-bond acceptors (Lipinski definition) is 3. The zero-order chi connectivity index (χ0) is 15.4. The van der Waals surface area contributed by atoms with E-state index in [-0.39, 0.29) is 18.0 Å². The van der Waals surface area contributed by atoms with Crippen molar-refractivity contribution >= 4 is 5.69 Å². The Kier molecular flexibility index (Phi) is 5.59. The van der Waals surface area contributed by atoms with E-state index in [1.54, 1.807) is 6.07 Å². The summed E-state index contributed by atoms with van der Waals surface area (Å²) in [5, 5.41) is 3.45. The van der Waals surface area contributed by atoms with Crippen LogP contribution >= 0.6 is 0 Å². The molecule has 2 rings (SSSR count). The highest BCUT2D eigenvalue weighted by atomic mass is 19.1. The Morgan fingerprint density at radius 1 is 1.33 bits per heavy atom. The minimum atomic E-state index is -0.149. The number of nitrogens with zero attached hydrogens (tertiary/aromatic N) is 1. The van der Waals surface area contributed by atoms with Crippen molar-refractivity contribution in [3.63, 3.8) is 0 Å². The summed E-state index contributed by atoms with van der Waals surface area (Å²) in [6.07, 6.45) is 1.36. The fourth-order valence-corrected chi connectivity index (χ4v) is 2.72. The molecule has 0 saturated carbocycles. The molecule has 0 radical (unpaired) electrons. The Bertz CT molecular complexity index is 456. The molecule has 3 unspecified atom stereocenters. The number of morpholine rings is 1. The van der Waals surface area contributed by atoms with Gasteiger partial charge in [-0.05, 0) is 44.9 Å². The fourth-order valence-electron chi connectivity index (χ4n) is 2.72. The van der Waals surface area contributed by atoms with E-state index in [9.17, 15) is 4.39 Å². The summed E-state index contributed by atoms with van der Waals surface area (Å²) < 4.78 is 19.9. The number of benzene rings is 1. The van der Waals surface area contributed by atoms with Crippen LogP contribution in [0.25, 0.3) is 0 Å². The van der Waals surface area contributed by atoms with Crippen molar-refractivity contribution in [1.29, 1.82) is 0 Å². The first-order chi connectivity index (χ1) is 9.99. The van der Waals surface area contributed by atoms with Crippen LogP contribution in [0, 0.1) is 5.82 Å². The summed E-state index contributed by atoms with van der Waals surface area (Å²) in [7, 11) is 0. The summed E-state index contributed by atoms with van der Waals surface area (Å²) in [4.78, 5) is 2.10. The summed E-state index contributed by atoms with van der Waals surface area (Å²) in [6.45, 7) is 10.6.